The molecule has 2 atom stereocenters. The molecule has 0 radical (unpaired) electrons. The predicted molar refractivity (Wildman–Crippen MR) is 135 cm³/mol. The molecular weight excluding hydrogens is 474 g/mol. The van der Waals surface area contributed by atoms with Crippen LogP contribution in [0.15, 0.2) is 48.5 Å². The monoisotopic (exact) mass is 507 g/mol. The Kier molecular flexibility index (Phi) is 6.92. The molecule has 2 aromatic carbocycles. The van der Waals surface area contributed by atoms with Crippen LogP contribution in [-0.2, 0) is 22.7 Å². The third-order valence-corrected chi connectivity index (χ3v) is 6.94. The Morgan fingerprint density at radius 2 is 1.81 bits per heavy atom. The highest BCUT2D eigenvalue weighted by atomic mass is 16.7. The Hall–Kier alpha value is -3.79. The zero-order chi connectivity index (χ0) is 26.1. The van der Waals surface area contributed by atoms with Gasteiger partial charge < -0.3 is 24.6 Å². The number of piperazine rings is 1. The molecule has 10 heteroatoms. The molecule has 0 bridgehead atoms. The highest BCUT2D eigenvalue weighted by molar-refractivity contribution is 5.91. The standard InChI is InChI=1S/C27H33N5O5/c1-18(2)11-21-26(34)30(14-20-9-10-22-23(12-20)37-17-36-22)15-24-31(21)25(33)16-29(3)32(24)27(35)28-13-19-7-5-4-6-8-19/h4-10,12,18,21,24H,11,13-17H2,1-3H3,(H,28,35)/t21-,24-/m0/s1. The summed E-state index contributed by atoms with van der Waals surface area (Å²) < 4.78 is 10.9. The topological polar surface area (TPSA) is 94.7 Å². The van der Waals surface area contributed by atoms with Crippen molar-refractivity contribution in [3.05, 3.63) is 59.7 Å². The van der Waals surface area contributed by atoms with E-state index in [2.05, 4.69) is 5.32 Å². The largest absolute Gasteiger partial charge is 0.454 e. The van der Waals surface area contributed by atoms with Crippen LogP contribution >= 0.6 is 0 Å². The van der Waals surface area contributed by atoms with Gasteiger partial charge in [0.1, 0.15) is 12.2 Å². The molecule has 0 unspecified atom stereocenters. The van der Waals surface area contributed by atoms with Crippen molar-refractivity contribution in [2.45, 2.75) is 45.6 Å². The third kappa shape index (κ3) is 5.06. The van der Waals surface area contributed by atoms with Crippen LogP contribution in [0.25, 0.3) is 0 Å². The van der Waals surface area contributed by atoms with E-state index in [0.717, 1.165) is 11.1 Å². The second-order valence-electron chi connectivity index (χ2n) is 10.1. The number of hydrogen-bond acceptors (Lipinski definition) is 6. The molecule has 5 rings (SSSR count). The molecule has 0 aliphatic carbocycles. The van der Waals surface area contributed by atoms with Crippen LogP contribution in [0.2, 0.25) is 0 Å². The summed E-state index contributed by atoms with van der Waals surface area (Å²) in [6, 6.07) is 14.3. The lowest BCUT2D eigenvalue weighted by molar-refractivity contribution is -0.188. The summed E-state index contributed by atoms with van der Waals surface area (Å²) in [6.07, 6.45) is -0.0977. The van der Waals surface area contributed by atoms with Gasteiger partial charge in [-0.05, 0) is 35.6 Å². The third-order valence-electron chi connectivity index (χ3n) is 6.94. The minimum absolute atomic E-state index is 0.0271. The first-order valence-corrected chi connectivity index (χ1v) is 12.6. The zero-order valence-electron chi connectivity index (χ0n) is 21.4. The Labute approximate surface area is 216 Å². The van der Waals surface area contributed by atoms with E-state index in [1.807, 2.05) is 62.4 Å². The van der Waals surface area contributed by atoms with Gasteiger partial charge in [-0.1, -0.05) is 50.2 Å². The minimum Gasteiger partial charge on any atom is -0.454 e. The molecule has 2 saturated heterocycles. The SMILES string of the molecule is CC(C)C[C@H]1C(=O)N(Cc2ccc3c(c2)OCO3)C[C@H]2N1C(=O)CN(C)N2C(=O)NCc1ccccc1. The first-order valence-electron chi connectivity index (χ1n) is 12.6. The summed E-state index contributed by atoms with van der Waals surface area (Å²) in [7, 11) is 1.73. The van der Waals surface area contributed by atoms with Crippen molar-refractivity contribution in [1.29, 1.82) is 0 Å². The van der Waals surface area contributed by atoms with Gasteiger partial charge in [0, 0.05) is 20.1 Å². The summed E-state index contributed by atoms with van der Waals surface area (Å²) >= 11 is 0. The maximum atomic E-state index is 13.7. The molecule has 10 nitrogen and oxygen atoms in total. The normalized spacial score (nSPS) is 21.5. The number of hydrogen-bond donors (Lipinski definition) is 1. The summed E-state index contributed by atoms with van der Waals surface area (Å²) in [6.45, 7) is 5.17. The summed E-state index contributed by atoms with van der Waals surface area (Å²) in [5, 5.41) is 6.20. The van der Waals surface area contributed by atoms with E-state index < -0.39 is 12.2 Å². The van der Waals surface area contributed by atoms with Crippen molar-refractivity contribution >= 4 is 17.8 Å². The lowest BCUT2D eigenvalue weighted by Crippen LogP contribution is -2.75. The predicted octanol–water partition coefficient (Wildman–Crippen LogP) is 2.40. The molecule has 3 aliphatic heterocycles. The average molecular weight is 508 g/mol. The Bertz CT molecular complexity index is 1170. The van der Waals surface area contributed by atoms with E-state index in [-0.39, 0.29) is 43.6 Å². The van der Waals surface area contributed by atoms with Crippen molar-refractivity contribution in [2.24, 2.45) is 5.92 Å². The molecule has 2 aromatic rings. The number of likely N-dealkylation sites (N-methyl/N-ethyl adjacent to an activating group) is 1. The molecule has 2 fully saturated rings. The van der Waals surface area contributed by atoms with Crippen LogP contribution < -0.4 is 14.8 Å². The van der Waals surface area contributed by atoms with Crippen molar-refractivity contribution in [2.75, 3.05) is 26.9 Å². The maximum Gasteiger partial charge on any atom is 0.334 e. The van der Waals surface area contributed by atoms with E-state index in [9.17, 15) is 14.4 Å². The summed E-state index contributed by atoms with van der Waals surface area (Å²) in [5.41, 5.74) is 1.87. The average Bonchev–Trinajstić information content (AvgIpc) is 3.33. The highest BCUT2D eigenvalue weighted by Crippen LogP contribution is 2.34. The number of fused-ring (bicyclic) bond motifs is 2. The van der Waals surface area contributed by atoms with Gasteiger partial charge >= 0.3 is 6.03 Å². The quantitative estimate of drug-likeness (QED) is 0.645. The van der Waals surface area contributed by atoms with Gasteiger partial charge in [0.05, 0.1) is 13.1 Å². The van der Waals surface area contributed by atoms with Gasteiger partial charge in [-0.3, -0.25) is 9.59 Å². The van der Waals surface area contributed by atoms with Crippen molar-refractivity contribution in [3.63, 3.8) is 0 Å². The van der Waals surface area contributed by atoms with Gasteiger partial charge in [0.15, 0.2) is 11.5 Å². The second kappa shape index (κ2) is 10.3. The summed E-state index contributed by atoms with van der Waals surface area (Å²) in [5.74, 6) is 1.26. The number of benzene rings is 2. The number of carbonyl (C=O) groups excluding carboxylic acids is 3. The molecular formula is C27H33N5O5. The Morgan fingerprint density at radius 3 is 2.57 bits per heavy atom. The van der Waals surface area contributed by atoms with E-state index in [1.165, 1.54) is 0 Å². The zero-order valence-corrected chi connectivity index (χ0v) is 21.4. The van der Waals surface area contributed by atoms with E-state index in [0.29, 0.717) is 31.0 Å². The van der Waals surface area contributed by atoms with Gasteiger partial charge in [0.2, 0.25) is 18.6 Å². The van der Waals surface area contributed by atoms with Gasteiger partial charge in [0.25, 0.3) is 0 Å². The fourth-order valence-electron chi connectivity index (χ4n) is 5.24. The fourth-order valence-corrected chi connectivity index (χ4v) is 5.24. The first-order chi connectivity index (χ1) is 17.8. The van der Waals surface area contributed by atoms with Crippen molar-refractivity contribution < 1.29 is 23.9 Å². The van der Waals surface area contributed by atoms with Crippen LogP contribution in [0, 0.1) is 5.92 Å². The Balaban J connectivity index is 1.41. The number of rotatable bonds is 6. The van der Waals surface area contributed by atoms with E-state index in [1.54, 1.807) is 26.9 Å². The molecule has 0 saturated carbocycles. The highest BCUT2D eigenvalue weighted by Gasteiger charge is 2.50. The number of hydrazine groups is 1. The van der Waals surface area contributed by atoms with Crippen LogP contribution in [0.1, 0.15) is 31.4 Å². The van der Waals surface area contributed by atoms with Crippen LogP contribution in [0.5, 0.6) is 11.5 Å². The van der Waals surface area contributed by atoms with E-state index >= 15 is 0 Å². The van der Waals surface area contributed by atoms with Crippen LogP contribution in [0.4, 0.5) is 4.79 Å². The van der Waals surface area contributed by atoms with Crippen LogP contribution in [0.3, 0.4) is 0 Å². The minimum atomic E-state index is -0.640. The number of amides is 4. The summed E-state index contributed by atoms with van der Waals surface area (Å²) in [4.78, 5) is 43.8. The number of nitrogens with zero attached hydrogens (tertiary/aromatic N) is 4. The molecule has 3 aliphatic rings. The molecule has 37 heavy (non-hydrogen) atoms. The molecule has 196 valence electrons. The molecule has 3 heterocycles. The number of ether oxygens (including phenoxy) is 2. The molecule has 4 amide bonds. The maximum absolute atomic E-state index is 13.7. The van der Waals surface area contributed by atoms with Crippen molar-refractivity contribution in [1.82, 2.24) is 25.1 Å². The molecule has 0 aromatic heterocycles. The first kappa shape index (κ1) is 24.9. The van der Waals surface area contributed by atoms with E-state index in [4.69, 9.17) is 9.47 Å². The van der Waals surface area contributed by atoms with Crippen molar-refractivity contribution in [3.8, 4) is 11.5 Å². The molecule has 0 spiro atoms. The number of urea groups is 1. The van der Waals surface area contributed by atoms with Crippen LogP contribution in [-0.4, -0.2) is 76.8 Å². The second-order valence-corrected chi connectivity index (χ2v) is 10.1. The van der Waals surface area contributed by atoms with Gasteiger partial charge in [-0.25, -0.2) is 14.8 Å². The lowest BCUT2D eigenvalue weighted by atomic mass is 9.96. The van der Waals surface area contributed by atoms with Gasteiger partial charge in [-0.2, -0.15) is 0 Å². The lowest BCUT2D eigenvalue weighted by Gasteiger charge is -2.54. The van der Waals surface area contributed by atoms with Gasteiger partial charge in [-0.15, -0.1) is 0 Å². The fraction of sp³-hybridized carbons (Fsp3) is 0.444. The number of carbonyl (C=O) groups is 3. The number of nitrogens with one attached hydrogen (secondary N) is 1. The molecule has 1 N–H and O–H groups in total. The Morgan fingerprint density at radius 1 is 1.05 bits per heavy atom. The smallest absolute Gasteiger partial charge is 0.334 e.